The van der Waals surface area contributed by atoms with Gasteiger partial charge in [-0.05, 0) is 51.0 Å². The van der Waals surface area contributed by atoms with E-state index in [-0.39, 0.29) is 11.9 Å². The van der Waals surface area contributed by atoms with Crippen molar-refractivity contribution in [1.82, 2.24) is 19.8 Å². The number of nitrogens with zero attached hydrogens (tertiary/aromatic N) is 6. The Labute approximate surface area is 286 Å². The molecular weight excluding hydrogens is 635 g/mol. The van der Waals surface area contributed by atoms with E-state index >= 15 is 0 Å². The van der Waals surface area contributed by atoms with Crippen molar-refractivity contribution in [1.29, 1.82) is 0 Å². The number of anilines is 5. The Morgan fingerprint density at radius 3 is 2.52 bits per heavy atom. The maximum atomic E-state index is 14.8. The zero-order chi connectivity index (χ0) is 33.8. The Hall–Kier alpha value is -3.97. The number of carbonyl (C=O) groups excluding carboxylic acids is 1. The number of halogens is 2. The molecule has 6 rings (SSSR count). The van der Waals surface area contributed by atoms with Crippen molar-refractivity contribution in [3.63, 3.8) is 0 Å². The van der Waals surface area contributed by atoms with E-state index in [9.17, 15) is 9.18 Å². The van der Waals surface area contributed by atoms with E-state index in [1.54, 1.807) is 30.4 Å². The largest absolute Gasteiger partial charge is 0.494 e. The number of hydrogen-bond donors (Lipinski definition) is 2. The monoisotopic (exact) mass is 678 g/mol. The first-order valence-electron chi connectivity index (χ1n) is 16.6. The first kappa shape index (κ1) is 33.9. The van der Waals surface area contributed by atoms with Gasteiger partial charge >= 0.3 is 0 Å². The van der Waals surface area contributed by atoms with Crippen LogP contribution in [-0.4, -0.2) is 90.7 Å². The second kappa shape index (κ2) is 15.1. The molecule has 3 saturated heterocycles. The zero-order valence-electron chi connectivity index (χ0n) is 27.8. The lowest BCUT2D eigenvalue weighted by molar-refractivity contribution is -0.111. The highest BCUT2D eigenvalue weighted by molar-refractivity contribution is 6.30. The molecule has 0 unspecified atom stereocenters. The summed E-state index contributed by atoms with van der Waals surface area (Å²) in [6, 6.07) is 10.9. The van der Waals surface area contributed by atoms with Crippen molar-refractivity contribution in [2.24, 2.45) is 0 Å². The van der Waals surface area contributed by atoms with Gasteiger partial charge in [0.2, 0.25) is 5.91 Å². The minimum absolute atomic E-state index is 0.304. The Bertz CT molecular complexity index is 1610. The highest BCUT2D eigenvalue weighted by Crippen LogP contribution is 2.41. The van der Waals surface area contributed by atoms with Gasteiger partial charge in [-0.3, -0.25) is 19.4 Å². The molecule has 3 aromatic rings. The van der Waals surface area contributed by atoms with E-state index in [1.807, 2.05) is 12.1 Å². The summed E-state index contributed by atoms with van der Waals surface area (Å²) in [5.74, 6) is 0.821. The molecule has 3 fully saturated rings. The molecule has 13 heteroatoms. The molecule has 0 saturated carbocycles. The number of ether oxygens (including phenoxy) is 1. The number of methoxy groups -OCH3 is 1. The summed E-state index contributed by atoms with van der Waals surface area (Å²) in [6.07, 6.45) is 5.35. The molecule has 3 aliphatic heterocycles. The smallest absolute Gasteiger partial charge is 0.247 e. The zero-order valence-corrected chi connectivity index (χ0v) is 28.5. The molecule has 48 heavy (non-hydrogen) atoms. The summed E-state index contributed by atoms with van der Waals surface area (Å²) in [5, 5.41) is 8.26. The number of carbonyl (C=O) groups is 1. The number of aromatic nitrogens is 2. The maximum absolute atomic E-state index is 14.8. The summed E-state index contributed by atoms with van der Waals surface area (Å²) >= 11 is 5.99. The molecule has 256 valence electrons. The lowest BCUT2D eigenvalue weighted by Crippen LogP contribution is -2.54. The van der Waals surface area contributed by atoms with E-state index < -0.39 is 5.82 Å². The molecule has 0 spiro atoms. The number of amides is 1. The van der Waals surface area contributed by atoms with E-state index in [0.29, 0.717) is 64.5 Å². The van der Waals surface area contributed by atoms with Crippen molar-refractivity contribution < 1.29 is 18.8 Å². The van der Waals surface area contributed by atoms with Gasteiger partial charge in [0.05, 0.1) is 36.8 Å². The first-order chi connectivity index (χ1) is 23.2. The Morgan fingerprint density at radius 1 is 1.06 bits per heavy atom. The summed E-state index contributed by atoms with van der Waals surface area (Å²) in [5.41, 5.74) is 2.61. The molecular formula is C35H44ClFN8O3. The highest BCUT2D eigenvalue weighted by atomic mass is 35.5. The minimum Gasteiger partial charge on any atom is -0.494 e. The summed E-state index contributed by atoms with van der Waals surface area (Å²) in [7, 11) is 1.62. The lowest BCUT2D eigenvalue weighted by atomic mass is 10.0. The summed E-state index contributed by atoms with van der Waals surface area (Å²) in [4.78, 5) is 34.8. The molecule has 1 aromatic heterocycles. The molecule has 3 aliphatic rings. The topological polar surface area (TPSA) is 98.3 Å². The second-order valence-corrected chi connectivity index (χ2v) is 13.1. The summed E-state index contributed by atoms with van der Waals surface area (Å²) in [6.45, 7) is 14.7. The average Bonchev–Trinajstić information content (AvgIpc) is 3.58. The Kier molecular flexibility index (Phi) is 10.6. The number of nitrogens with one attached hydrogen (secondary N) is 2. The van der Waals surface area contributed by atoms with Gasteiger partial charge in [-0.1, -0.05) is 24.2 Å². The minimum atomic E-state index is -0.400. The SMILES string of the molecule is C=CC(=O)Nc1cc(Nc2cc(N3OCC[C@@H]3c3ccc(Cl)cc3F)ncn2)c(OC)cc1N1CCC(N2CCN(C(C)C)CC2)CC1. The number of piperidine rings is 1. The highest BCUT2D eigenvalue weighted by Gasteiger charge is 2.32. The van der Waals surface area contributed by atoms with E-state index in [1.165, 1.54) is 18.5 Å². The normalized spacial score (nSPS) is 19.5. The van der Waals surface area contributed by atoms with Crippen LogP contribution in [0.4, 0.5) is 33.1 Å². The molecule has 1 atom stereocenters. The van der Waals surface area contributed by atoms with Crippen LogP contribution in [-0.2, 0) is 9.63 Å². The van der Waals surface area contributed by atoms with Crippen LogP contribution in [0.5, 0.6) is 5.75 Å². The van der Waals surface area contributed by atoms with Crippen molar-refractivity contribution in [2.45, 2.75) is 51.2 Å². The first-order valence-corrected chi connectivity index (χ1v) is 17.0. The standard InChI is InChI=1S/C35H44ClFN8O3/c1-5-35(46)41-28-19-29(32(47-4)20-31(28)44-11-8-25(9-12-44)43-15-13-42(14-16-43)23(2)3)40-33-21-34(39-22-38-33)45-30(10-17-48-45)26-7-6-24(36)18-27(26)37/h5-7,18-23,25,30H,1,8-17H2,2-4H3,(H,41,46)(H,38,39,40)/t30-/m1/s1. The molecule has 0 radical (unpaired) electrons. The number of hydroxylamine groups is 1. The molecule has 0 bridgehead atoms. The molecule has 2 N–H and O–H groups in total. The van der Waals surface area contributed by atoms with Crippen LogP contribution < -0.4 is 25.3 Å². The van der Waals surface area contributed by atoms with Crippen molar-refractivity contribution >= 4 is 46.2 Å². The Morgan fingerprint density at radius 2 is 1.83 bits per heavy atom. The molecule has 2 aromatic carbocycles. The molecule has 11 nitrogen and oxygen atoms in total. The van der Waals surface area contributed by atoms with Crippen molar-refractivity contribution in [3.8, 4) is 5.75 Å². The summed E-state index contributed by atoms with van der Waals surface area (Å²) < 4.78 is 20.7. The van der Waals surface area contributed by atoms with Gasteiger partial charge in [-0.25, -0.2) is 19.4 Å². The van der Waals surface area contributed by atoms with Gasteiger partial charge in [0, 0.05) is 80.5 Å². The van der Waals surface area contributed by atoms with Crippen LogP contribution in [0.25, 0.3) is 0 Å². The van der Waals surface area contributed by atoms with Gasteiger partial charge in [-0.2, -0.15) is 0 Å². The van der Waals surface area contributed by atoms with Crippen LogP contribution in [0.15, 0.2) is 55.4 Å². The van der Waals surface area contributed by atoms with E-state index in [4.69, 9.17) is 21.2 Å². The van der Waals surface area contributed by atoms with Gasteiger partial charge in [0.15, 0.2) is 5.82 Å². The quantitative estimate of drug-likeness (QED) is 0.248. The van der Waals surface area contributed by atoms with E-state index in [2.05, 4.69) is 55.7 Å². The van der Waals surface area contributed by atoms with Gasteiger partial charge in [0.1, 0.15) is 23.7 Å². The van der Waals surface area contributed by atoms with E-state index in [0.717, 1.165) is 57.8 Å². The third-order valence-electron chi connectivity index (χ3n) is 9.53. The van der Waals surface area contributed by atoms with Gasteiger partial charge in [0.25, 0.3) is 0 Å². The second-order valence-electron chi connectivity index (χ2n) is 12.7. The number of benzene rings is 2. The van der Waals surface area contributed by atoms with Crippen LogP contribution in [0.1, 0.15) is 44.7 Å². The molecule has 1 amide bonds. The Balaban J connectivity index is 1.20. The number of rotatable bonds is 10. The van der Waals surface area contributed by atoms with Crippen LogP contribution in [0.2, 0.25) is 5.02 Å². The van der Waals surface area contributed by atoms with Gasteiger partial charge < -0.3 is 20.3 Å². The fourth-order valence-corrected chi connectivity index (χ4v) is 7.05. The fourth-order valence-electron chi connectivity index (χ4n) is 6.90. The van der Waals surface area contributed by atoms with Crippen molar-refractivity contribution in [2.75, 3.05) is 73.6 Å². The number of piperazine rings is 1. The maximum Gasteiger partial charge on any atom is 0.247 e. The average molecular weight is 679 g/mol. The van der Waals surface area contributed by atoms with Crippen LogP contribution >= 0.6 is 11.6 Å². The number of hydrogen-bond acceptors (Lipinski definition) is 10. The van der Waals surface area contributed by atoms with Crippen LogP contribution in [0, 0.1) is 5.82 Å². The van der Waals surface area contributed by atoms with Gasteiger partial charge in [-0.15, -0.1) is 0 Å². The third-order valence-corrected chi connectivity index (χ3v) is 9.76. The fraction of sp³-hybridized carbons (Fsp3) is 0.457. The third kappa shape index (κ3) is 7.52. The predicted molar refractivity (Wildman–Crippen MR) is 188 cm³/mol. The molecule has 4 heterocycles. The molecule has 0 aliphatic carbocycles. The predicted octanol–water partition coefficient (Wildman–Crippen LogP) is 6.02. The van der Waals surface area contributed by atoms with Crippen LogP contribution in [0.3, 0.4) is 0 Å². The lowest BCUT2D eigenvalue weighted by Gasteiger charge is -2.44. The van der Waals surface area contributed by atoms with Crippen molar-refractivity contribution in [3.05, 3.63) is 71.8 Å².